The lowest BCUT2D eigenvalue weighted by Gasteiger charge is -2.43. The summed E-state index contributed by atoms with van der Waals surface area (Å²) < 4.78 is 0. The third-order valence-electron chi connectivity index (χ3n) is 4.71. The Balaban J connectivity index is 1.68. The van der Waals surface area contributed by atoms with Gasteiger partial charge in [0, 0.05) is 37.8 Å². The highest BCUT2D eigenvalue weighted by molar-refractivity contribution is 5.00. The number of hydrogen-bond acceptors (Lipinski definition) is 3. The summed E-state index contributed by atoms with van der Waals surface area (Å²) in [6, 6.07) is 2.60. The van der Waals surface area contributed by atoms with E-state index in [1.54, 1.807) is 0 Å². The van der Waals surface area contributed by atoms with Crippen molar-refractivity contribution < 1.29 is 0 Å². The lowest BCUT2D eigenvalue weighted by molar-refractivity contribution is 0.0779. The molecular weight excluding hydrogens is 198 g/mol. The van der Waals surface area contributed by atoms with Crippen molar-refractivity contribution in [3.05, 3.63) is 0 Å². The first kappa shape index (κ1) is 11.0. The number of nitrogens with one attached hydrogen (secondary N) is 1. The third-order valence-corrected chi connectivity index (χ3v) is 4.71. The summed E-state index contributed by atoms with van der Waals surface area (Å²) in [5.41, 5.74) is 0. The normalized spacial score (nSPS) is 35.6. The molecule has 3 heterocycles. The van der Waals surface area contributed by atoms with E-state index in [1.807, 2.05) is 0 Å². The van der Waals surface area contributed by atoms with Crippen LogP contribution >= 0.6 is 0 Å². The predicted octanol–water partition coefficient (Wildman–Crippen LogP) is 0.907. The van der Waals surface area contributed by atoms with Crippen molar-refractivity contribution in [1.29, 1.82) is 0 Å². The van der Waals surface area contributed by atoms with Crippen molar-refractivity contribution in [3.63, 3.8) is 0 Å². The van der Waals surface area contributed by atoms with E-state index in [0.29, 0.717) is 0 Å². The number of fused-ring (bicyclic) bond motifs is 1. The second-order valence-electron chi connectivity index (χ2n) is 5.65. The summed E-state index contributed by atoms with van der Waals surface area (Å²) in [5.74, 6) is 0. The second kappa shape index (κ2) is 4.63. The first-order chi connectivity index (χ1) is 7.90. The Morgan fingerprint density at radius 1 is 1.25 bits per heavy atom. The van der Waals surface area contributed by atoms with Gasteiger partial charge in [-0.05, 0) is 38.8 Å². The van der Waals surface area contributed by atoms with Crippen LogP contribution in [0.25, 0.3) is 0 Å². The van der Waals surface area contributed by atoms with E-state index in [0.717, 1.165) is 18.1 Å². The Labute approximate surface area is 99.2 Å². The molecule has 0 spiro atoms. The Morgan fingerprint density at radius 2 is 2.12 bits per heavy atom. The van der Waals surface area contributed by atoms with E-state index in [2.05, 4.69) is 22.0 Å². The third kappa shape index (κ3) is 1.79. The SMILES string of the molecule is CCCN(C1CNC1)C1CCN2CCCC12. The zero-order chi connectivity index (χ0) is 11.0. The summed E-state index contributed by atoms with van der Waals surface area (Å²) in [6.45, 7) is 8.80. The Hall–Kier alpha value is -0.120. The molecule has 3 rings (SSSR count). The molecule has 3 saturated heterocycles. The molecule has 0 saturated carbocycles. The van der Waals surface area contributed by atoms with Crippen molar-refractivity contribution in [2.24, 2.45) is 0 Å². The average Bonchev–Trinajstić information content (AvgIpc) is 2.74. The van der Waals surface area contributed by atoms with Gasteiger partial charge in [0.25, 0.3) is 0 Å². The summed E-state index contributed by atoms with van der Waals surface area (Å²) in [5, 5.41) is 3.43. The minimum absolute atomic E-state index is 0.838. The largest absolute Gasteiger partial charge is 0.314 e. The van der Waals surface area contributed by atoms with Crippen LogP contribution in [0, 0.1) is 0 Å². The molecular formula is C13H25N3. The van der Waals surface area contributed by atoms with Gasteiger partial charge in [-0.1, -0.05) is 6.92 Å². The van der Waals surface area contributed by atoms with Crippen molar-refractivity contribution in [1.82, 2.24) is 15.1 Å². The molecule has 0 aromatic rings. The van der Waals surface area contributed by atoms with Crippen molar-refractivity contribution in [3.8, 4) is 0 Å². The molecule has 3 heteroatoms. The van der Waals surface area contributed by atoms with E-state index < -0.39 is 0 Å². The Morgan fingerprint density at radius 3 is 2.81 bits per heavy atom. The zero-order valence-corrected chi connectivity index (χ0v) is 10.5. The van der Waals surface area contributed by atoms with Crippen molar-refractivity contribution >= 4 is 0 Å². The first-order valence-corrected chi connectivity index (χ1v) is 7.10. The maximum atomic E-state index is 3.43. The molecule has 3 aliphatic heterocycles. The highest BCUT2D eigenvalue weighted by Gasteiger charge is 2.42. The molecule has 0 aromatic carbocycles. The molecule has 1 N–H and O–H groups in total. The lowest BCUT2D eigenvalue weighted by atomic mass is 10.00. The van der Waals surface area contributed by atoms with Gasteiger partial charge in [0.15, 0.2) is 0 Å². The van der Waals surface area contributed by atoms with Gasteiger partial charge in [-0.2, -0.15) is 0 Å². The van der Waals surface area contributed by atoms with Crippen LogP contribution in [0.1, 0.15) is 32.6 Å². The van der Waals surface area contributed by atoms with Gasteiger partial charge in [0.2, 0.25) is 0 Å². The zero-order valence-electron chi connectivity index (χ0n) is 10.5. The molecule has 0 aromatic heterocycles. The van der Waals surface area contributed by atoms with E-state index >= 15 is 0 Å². The standard InChI is InChI=1S/C13H25N3/c1-2-6-16(11-9-14-10-11)13-5-8-15-7-3-4-12(13)15/h11-14H,2-10H2,1H3. The number of hydrogen-bond donors (Lipinski definition) is 1. The molecule has 92 valence electrons. The molecule has 0 radical (unpaired) electrons. The maximum absolute atomic E-state index is 3.43. The first-order valence-electron chi connectivity index (χ1n) is 7.10. The van der Waals surface area contributed by atoms with Gasteiger partial charge in [0.1, 0.15) is 0 Å². The number of rotatable bonds is 4. The minimum Gasteiger partial charge on any atom is -0.314 e. The highest BCUT2D eigenvalue weighted by atomic mass is 15.3. The van der Waals surface area contributed by atoms with Gasteiger partial charge >= 0.3 is 0 Å². The molecule has 0 amide bonds. The van der Waals surface area contributed by atoms with Crippen LogP contribution in [0.3, 0.4) is 0 Å². The average molecular weight is 223 g/mol. The topological polar surface area (TPSA) is 18.5 Å². The molecule has 16 heavy (non-hydrogen) atoms. The van der Waals surface area contributed by atoms with Crippen LogP contribution in [-0.4, -0.2) is 60.6 Å². The number of nitrogens with zero attached hydrogens (tertiary/aromatic N) is 2. The minimum atomic E-state index is 0.838. The summed E-state index contributed by atoms with van der Waals surface area (Å²) in [4.78, 5) is 5.56. The fraction of sp³-hybridized carbons (Fsp3) is 1.00. The second-order valence-corrected chi connectivity index (χ2v) is 5.65. The predicted molar refractivity (Wildman–Crippen MR) is 66.7 cm³/mol. The van der Waals surface area contributed by atoms with Crippen molar-refractivity contribution in [2.75, 3.05) is 32.7 Å². The highest BCUT2D eigenvalue weighted by Crippen LogP contribution is 2.32. The fourth-order valence-corrected chi connectivity index (χ4v) is 3.83. The Bertz CT molecular complexity index is 237. The molecule has 3 aliphatic rings. The van der Waals surface area contributed by atoms with Crippen LogP contribution in [0.4, 0.5) is 0 Å². The van der Waals surface area contributed by atoms with Crippen LogP contribution in [0.2, 0.25) is 0 Å². The summed E-state index contributed by atoms with van der Waals surface area (Å²) >= 11 is 0. The van der Waals surface area contributed by atoms with Crippen molar-refractivity contribution in [2.45, 2.75) is 50.7 Å². The monoisotopic (exact) mass is 223 g/mol. The van der Waals surface area contributed by atoms with E-state index in [4.69, 9.17) is 0 Å². The van der Waals surface area contributed by atoms with E-state index in [-0.39, 0.29) is 0 Å². The summed E-state index contributed by atoms with van der Waals surface area (Å²) in [7, 11) is 0. The Kier molecular flexibility index (Phi) is 3.18. The van der Waals surface area contributed by atoms with Crippen LogP contribution in [-0.2, 0) is 0 Å². The molecule has 2 atom stereocenters. The quantitative estimate of drug-likeness (QED) is 0.764. The van der Waals surface area contributed by atoms with Crippen LogP contribution in [0.15, 0.2) is 0 Å². The molecule has 0 bridgehead atoms. The lowest BCUT2D eigenvalue weighted by Crippen LogP contribution is -2.61. The molecule has 2 unspecified atom stereocenters. The van der Waals surface area contributed by atoms with Gasteiger partial charge in [0.05, 0.1) is 0 Å². The molecule has 3 fully saturated rings. The van der Waals surface area contributed by atoms with Gasteiger partial charge in [-0.15, -0.1) is 0 Å². The molecule has 3 nitrogen and oxygen atoms in total. The van der Waals surface area contributed by atoms with Crippen LogP contribution in [0.5, 0.6) is 0 Å². The molecule has 0 aliphatic carbocycles. The van der Waals surface area contributed by atoms with Gasteiger partial charge in [-0.3, -0.25) is 9.80 Å². The van der Waals surface area contributed by atoms with Gasteiger partial charge in [-0.25, -0.2) is 0 Å². The van der Waals surface area contributed by atoms with E-state index in [9.17, 15) is 0 Å². The summed E-state index contributed by atoms with van der Waals surface area (Å²) in [6.07, 6.45) is 5.61. The van der Waals surface area contributed by atoms with E-state index in [1.165, 1.54) is 58.4 Å². The maximum Gasteiger partial charge on any atom is 0.0348 e. The van der Waals surface area contributed by atoms with Crippen LogP contribution < -0.4 is 5.32 Å². The fourth-order valence-electron chi connectivity index (χ4n) is 3.83. The van der Waals surface area contributed by atoms with Gasteiger partial charge < -0.3 is 5.32 Å². The smallest absolute Gasteiger partial charge is 0.0348 e.